The van der Waals surface area contributed by atoms with Gasteiger partial charge in [0, 0.05) is 16.4 Å². The van der Waals surface area contributed by atoms with Crippen molar-refractivity contribution in [1.82, 2.24) is 4.57 Å². The Kier molecular flexibility index (Phi) is 2.86. The highest BCUT2D eigenvalue weighted by Gasteiger charge is 2.23. The maximum absolute atomic E-state index is 10.2. The molecule has 1 aromatic carbocycles. The van der Waals surface area contributed by atoms with Gasteiger partial charge in [0.1, 0.15) is 0 Å². The third kappa shape index (κ3) is 1.73. The van der Waals surface area contributed by atoms with E-state index >= 15 is 0 Å². The van der Waals surface area contributed by atoms with E-state index in [2.05, 4.69) is 21.0 Å². The quantitative estimate of drug-likeness (QED) is 0.801. The van der Waals surface area contributed by atoms with Gasteiger partial charge in [-0.2, -0.15) is 5.11 Å². The summed E-state index contributed by atoms with van der Waals surface area (Å²) < 4.78 is 2.82. The van der Waals surface area contributed by atoms with Crippen LogP contribution in [-0.2, 0) is 6.54 Å². The van der Waals surface area contributed by atoms with E-state index in [0.29, 0.717) is 11.6 Å². The largest absolute Gasteiger partial charge is 0.493 e. The van der Waals surface area contributed by atoms with Gasteiger partial charge in [-0.05, 0) is 37.0 Å². The summed E-state index contributed by atoms with van der Waals surface area (Å²) in [6.45, 7) is 0.819. The molecule has 2 N–H and O–H groups in total. The molecule has 1 aliphatic rings. The molecule has 0 bridgehead atoms. The van der Waals surface area contributed by atoms with Crippen molar-refractivity contribution >= 4 is 32.5 Å². The smallest absolute Gasteiger partial charge is 0.220 e. The van der Waals surface area contributed by atoms with E-state index in [4.69, 9.17) is 5.53 Å². The highest BCUT2D eigenvalue weighted by atomic mass is 79.9. The van der Waals surface area contributed by atoms with Crippen LogP contribution in [0.3, 0.4) is 0 Å². The summed E-state index contributed by atoms with van der Waals surface area (Å²) >= 11 is 3.41. The minimum Gasteiger partial charge on any atom is -0.493 e. The summed E-state index contributed by atoms with van der Waals surface area (Å²) in [7, 11) is 0. The molecule has 1 heterocycles. The monoisotopic (exact) mass is 307 g/mol. The molecule has 0 aliphatic heterocycles. The highest BCUT2D eigenvalue weighted by molar-refractivity contribution is 9.10. The van der Waals surface area contributed by atoms with Crippen LogP contribution in [0.15, 0.2) is 27.8 Å². The Balaban J connectivity index is 2.16. The van der Waals surface area contributed by atoms with Gasteiger partial charge in [0.05, 0.1) is 5.52 Å². The van der Waals surface area contributed by atoms with Gasteiger partial charge in [-0.25, -0.2) is 5.53 Å². The minimum absolute atomic E-state index is 0.116. The average Bonchev–Trinajstić information content (AvgIpc) is 2.55. The van der Waals surface area contributed by atoms with E-state index in [9.17, 15) is 5.11 Å². The molecule has 0 radical (unpaired) electrons. The topological polar surface area (TPSA) is 61.4 Å². The van der Waals surface area contributed by atoms with E-state index in [1.54, 1.807) is 0 Å². The summed E-state index contributed by atoms with van der Waals surface area (Å²) in [5.41, 5.74) is 8.55. The number of hydrogen-bond donors (Lipinski definition) is 2. The molecule has 0 spiro atoms. The first-order chi connectivity index (χ1) is 8.70. The number of hydrogen-bond acceptors (Lipinski definition) is 3. The summed E-state index contributed by atoms with van der Waals surface area (Å²) in [5, 5.41) is 14.5. The maximum Gasteiger partial charge on any atom is 0.220 e. The van der Waals surface area contributed by atoms with Crippen molar-refractivity contribution < 1.29 is 5.11 Å². The number of halogens is 1. The molecule has 0 unspecified atom stereocenters. The first-order valence-electron chi connectivity index (χ1n) is 6.09. The lowest BCUT2D eigenvalue weighted by molar-refractivity contribution is 0.267. The van der Waals surface area contributed by atoms with Gasteiger partial charge in [-0.1, -0.05) is 22.4 Å². The first kappa shape index (κ1) is 11.7. The van der Waals surface area contributed by atoms with Crippen molar-refractivity contribution in [2.75, 3.05) is 0 Å². The number of aromatic hydroxyl groups is 1. The van der Waals surface area contributed by atoms with Gasteiger partial charge in [0.15, 0.2) is 5.69 Å². The normalized spacial score (nSPS) is 15.8. The van der Waals surface area contributed by atoms with Gasteiger partial charge >= 0.3 is 0 Å². The Morgan fingerprint density at radius 1 is 1.44 bits per heavy atom. The van der Waals surface area contributed by atoms with Gasteiger partial charge in [0.25, 0.3) is 0 Å². The van der Waals surface area contributed by atoms with Crippen LogP contribution in [0.1, 0.15) is 19.3 Å². The summed E-state index contributed by atoms with van der Waals surface area (Å²) in [4.78, 5) is 0. The van der Waals surface area contributed by atoms with Gasteiger partial charge < -0.3 is 9.67 Å². The van der Waals surface area contributed by atoms with Crippen LogP contribution in [0.5, 0.6) is 5.88 Å². The van der Waals surface area contributed by atoms with E-state index in [-0.39, 0.29) is 5.88 Å². The predicted octanol–water partition coefficient (Wildman–Crippen LogP) is 4.57. The predicted molar refractivity (Wildman–Crippen MR) is 73.5 cm³/mol. The van der Waals surface area contributed by atoms with Crippen molar-refractivity contribution in [3.63, 3.8) is 0 Å². The van der Waals surface area contributed by atoms with Crippen molar-refractivity contribution in [1.29, 1.82) is 5.53 Å². The maximum atomic E-state index is 10.2. The lowest BCUT2D eigenvalue weighted by atomic mass is 9.85. The lowest BCUT2D eigenvalue weighted by Crippen LogP contribution is -2.17. The molecular formula is C13H14BrN3O. The molecule has 3 rings (SSSR count). The minimum atomic E-state index is 0.116. The lowest BCUT2D eigenvalue weighted by Gasteiger charge is -2.26. The van der Waals surface area contributed by atoms with E-state index in [0.717, 1.165) is 21.9 Å². The molecule has 94 valence electrons. The van der Waals surface area contributed by atoms with Crippen LogP contribution in [0.4, 0.5) is 5.69 Å². The molecule has 1 aliphatic carbocycles. The van der Waals surface area contributed by atoms with Gasteiger partial charge in [-0.15, -0.1) is 0 Å². The zero-order valence-corrected chi connectivity index (χ0v) is 11.4. The Morgan fingerprint density at radius 2 is 2.22 bits per heavy atom. The highest BCUT2D eigenvalue weighted by Crippen LogP contribution is 2.41. The molecule has 4 nitrogen and oxygen atoms in total. The fourth-order valence-electron chi connectivity index (χ4n) is 2.52. The summed E-state index contributed by atoms with van der Waals surface area (Å²) in [6.07, 6.45) is 3.73. The van der Waals surface area contributed by atoms with Crippen molar-refractivity contribution in [3.05, 3.63) is 22.7 Å². The Hall–Kier alpha value is -1.36. The van der Waals surface area contributed by atoms with Crippen LogP contribution in [-0.4, -0.2) is 9.67 Å². The van der Waals surface area contributed by atoms with Gasteiger partial charge in [-0.3, -0.25) is 0 Å². The van der Waals surface area contributed by atoms with Crippen molar-refractivity contribution in [2.24, 2.45) is 11.0 Å². The molecule has 5 heteroatoms. The van der Waals surface area contributed by atoms with Crippen LogP contribution in [0.25, 0.3) is 10.9 Å². The Bertz CT molecular complexity index is 616. The number of fused-ring (bicyclic) bond motifs is 1. The first-order valence-corrected chi connectivity index (χ1v) is 6.88. The van der Waals surface area contributed by atoms with Crippen LogP contribution in [0.2, 0.25) is 0 Å². The van der Waals surface area contributed by atoms with E-state index in [1.165, 1.54) is 19.3 Å². The SMILES string of the molecule is N=Nc1c(O)n(CC2CCC2)c2ccc(Br)cc12. The second kappa shape index (κ2) is 4.39. The van der Waals surface area contributed by atoms with Crippen LogP contribution < -0.4 is 0 Å². The molecule has 2 aromatic rings. The van der Waals surface area contributed by atoms with E-state index < -0.39 is 0 Å². The number of benzene rings is 1. The number of nitrogens with one attached hydrogen (secondary N) is 1. The second-order valence-corrected chi connectivity index (χ2v) is 5.77. The van der Waals surface area contributed by atoms with E-state index in [1.807, 2.05) is 22.8 Å². The van der Waals surface area contributed by atoms with Crippen LogP contribution >= 0.6 is 15.9 Å². The third-order valence-corrected chi connectivity index (χ3v) is 4.24. The second-order valence-electron chi connectivity index (χ2n) is 4.85. The molecule has 1 aromatic heterocycles. The summed E-state index contributed by atoms with van der Waals surface area (Å²) in [5.74, 6) is 0.763. The fourth-order valence-corrected chi connectivity index (χ4v) is 2.89. The number of rotatable bonds is 3. The molecule has 0 atom stereocenters. The molecule has 1 fully saturated rings. The molecule has 0 saturated heterocycles. The zero-order valence-electron chi connectivity index (χ0n) is 9.86. The zero-order chi connectivity index (χ0) is 12.7. The summed E-state index contributed by atoms with van der Waals surface area (Å²) in [6, 6.07) is 5.82. The average molecular weight is 308 g/mol. The Labute approximate surface area is 113 Å². The van der Waals surface area contributed by atoms with Crippen LogP contribution in [0, 0.1) is 11.4 Å². The number of nitrogens with zero attached hydrogens (tertiary/aromatic N) is 2. The fraction of sp³-hybridized carbons (Fsp3) is 0.385. The molecule has 18 heavy (non-hydrogen) atoms. The number of aromatic nitrogens is 1. The standard InChI is InChI=1S/C13H14BrN3O/c14-9-4-5-11-10(6-9)12(16-15)13(18)17(11)7-8-2-1-3-8/h4-6,8,15,18H,1-3,7H2. The van der Waals surface area contributed by atoms with Crippen molar-refractivity contribution in [2.45, 2.75) is 25.8 Å². The molecule has 1 saturated carbocycles. The van der Waals surface area contributed by atoms with Crippen molar-refractivity contribution in [3.8, 4) is 5.88 Å². The van der Waals surface area contributed by atoms with Gasteiger partial charge in [0.2, 0.25) is 5.88 Å². The Morgan fingerprint density at radius 3 is 2.83 bits per heavy atom. The third-order valence-electron chi connectivity index (χ3n) is 3.75. The molecule has 0 amide bonds. The molecular weight excluding hydrogens is 294 g/mol.